The van der Waals surface area contributed by atoms with Gasteiger partial charge in [-0.05, 0) is 62.4 Å². The lowest BCUT2D eigenvalue weighted by Gasteiger charge is -2.42. The van der Waals surface area contributed by atoms with Gasteiger partial charge in [0.25, 0.3) is 0 Å². The molecule has 3 N–H and O–H groups in total. The second-order valence-electron chi connectivity index (χ2n) is 7.95. The summed E-state index contributed by atoms with van der Waals surface area (Å²) in [5.74, 6) is 1.87. The lowest BCUT2D eigenvalue weighted by atomic mass is 9.99. The van der Waals surface area contributed by atoms with Crippen LogP contribution in [0, 0.1) is 5.82 Å². The average Bonchev–Trinajstić information content (AvgIpc) is 3.14. The van der Waals surface area contributed by atoms with Crippen LogP contribution < -0.4 is 15.8 Å². The van der Waals surface area contributed by atoms with Crippen LogP contribution in [0.4, 0.5) is 15.9 Å². The minimum Gasteiger partial charge on any atom is -0.497 e. The number of carbonyl (C=O) groups is 1. The minimum atomic E-state index is -0.649. The number of hydrogen-bond acceptors (Lipinski definition) is 5. The van der Waals surface area contributed by atoms with Gasteiger partial charge in [-0.1, -0.05) is 0 Å². The van der Waals surface area contributed by atoms with E-state index in [1.807, 2.05) is 38.1 Å². The normalized spacial score (nSPS) is 14.8. The van der Waals surface area contributed by atoms with Crippen molar-refractivity contribution in [3.8, 4) is 17.0 Å². The number of ether oxygens (including phenoxy) is 1. The number of carbonyl (C=O) groups excluding carboxylic acids is 1. The van der Waals surface area contributed by atoms with E-state index in [2.05, 4.69) is 9.88 Å². The van der Waals surface area contributed by atoms with E-state index < -0.39 is 5.54 Å². The number of benzene rings is 2. The monoisotopic (exact) mass is 423 g/mol. The molecule has 3 aromatic rings. The molecule has 8 heteroatoms. The van der Waals surface area contributed by atoms with Gasteiger partial charge in [-0.2, -0.15) is 0 Å². The van der Waals surface area contributed by atoms with Crippen molar-refractivity contribution < 1.29 is 13.9 Å². The highest BCUT2D eigenvalue weighted by atomic mass is 19.1. The maximum atomic E-state index is 13.5. The zero-order valence-corrected chi connectivity index (χ0v) is 17.9. The van der Waals surface area contributed by atoms with E-state index in [-0.39, 0.29) is 18.3 Å². The molecular formula is C23H26FN5O2. The maximum Gasteiger partial charge on any atom is 0.237 e. The number of methoxy groups -OCH3 is 1. The Balaban J connectivity index is 1.83. The first kappa shape index (κ1) is 20.9. The Morgan fingerprint density at radius 3 is 2.45 bits per heavy atom. The summed E-state index contributed by atoms with van der Waals surface area (Å²) in [7, 11) is 1.62. The number of nitrogens with zero attached hydrogens (tertiary/aromatic N) is 3. The molecule has 0 unspecified atom stereocenters. The number of fused-ring (bicyclic) bond motifs is 1. The molecule has 2 aromatic carbocycles. The molecule has 0 atom stereocenters. The van der Waals surface area contributed by atoms with Gasteiger partial charge in [-0.15, -0.1) is 0 Å². The fourth-order valence-corrected chi connectivity index (χ4v) is 4.03. The zero-order valence-electron chi connectivity index (χ0n) is 17.9. The summed E-state index contributed by atoms with van der Waals surface area (Å²) >= 11 is 0. The number of hydrogen-bond donors (Lipinski definition) is 2. The summed E-state index contributed by atoms with van der Waals surface area (Å²) in [5, 5.41) is 3.46. The molecule has 0 aliphatic carbocycles. The van der Waals surface area contributed by atoms with E-state index >= 15 is 0 Å². The van der Waals surface area contributed by atoms with E-state index in [0.717, 1.165) is 28.6 Å². The van der Waals surface area contributed by atoms with Gasteiger partial charge in [0.15, 0.2) is 0 Å². The molecule has 0 fully saturated rings. The maximum absolute atomic E-state index is 13.5. The quantitative estimate of drug-likeness (QED) is 0.656. The Bertz CT molecular complexity index is 1090. The van der Waals surface area contributed by atoms with E-state index in [1.165, 1.54) is 12.1 Å². The number of nitrogens with two attached hydrogens (primary N) is 1. The van der Waals surface area contributed by atoms with Gasteiger partial charge in [0.2, 0.25) is 5.91 Å². The molecule has 0 spiro atoms. The predicted octanol–water partition coefficient (Wildman–Crippen LogP) is 3.48. The molecule has 2 heterocycles. The highest BCUT2D eigenvalue weighted by molar-refractivity contribution is 5.80. The van der Waals surface area contributed by atoms with Gasteiger partial charge in [0.05, 0.1) is 19.2 Å². The fourth-order valence-electron chi connectivity index (χ4n) is 4.03. The topological polar surface area (TPSA) is 85.4 Å². The van der Waals surface area contributed by atoms with Crippen molar-refractivity contribution in [2.24, 2.45) is 5.73 Å². The van der Waals surface area contributed by atoms with E-state index in [4.69, 9.17) is 15.5 Å². The highest BCUT2D eigenvalue weighted by Crippen LogP contribution is 2.39. The van der Waals surface area contributed by atoms with Crippen molar-refractivity contribution in [3.05, 3.63) is 60.2 Å². The third-order valence-corrected chi connectivity index (χ3v) is 5.68. The van der Waals surface area contributed by atoms with E-state index in [0.29, 0.717) is 18.8 Å². The van der Waals surface area contributed by atoms with Crippen molar-refractivity contribution in [1.82, 2.24) is 14.5 Å². The van der Waals surface area contributed by atoms with E-state index in [1.54, 1.807) is 24.1 Å². The lowest BCUT2D eigenvalue weighted by molar-refractivity contribution is -0.137. The number of nitrogens with one attached hydrogen (secondary N) is 1. The van der Waals surface area contributed by atoms with Crippen LogP contribution in [-0.4, -0.2) is 40.6 Å². The molecule has 1 amide bonds. The molecule has 1 aliphatic heterocycles. The Kier molecular flexibility index (Phi) is 5.41. The van der Waals surface area contributed by atoms with Gasteiger partial charge in [-0.25, -0.2) is 9.37 Å². The Morgan fingerprint density at radius 1 is 1.16 bits per heavy atom. The van der Waals surface area contributed by atoms with Crippen LogP contribution in [0.1, 0.15) is 19.7 Å². The van der Waals surface area contributed by atoms with Crippen molar-refractivity contribution in [2.45, 2.75) is 25.9 Å². The Labute approximate surface area is 180 Å². The van der Waals surface area contributed by atoms with Crippen LogP contribution >= 0.6 is 0 Å². The van der Waals surface area contributed by atoms with Gasteiger partial charge < -0.3 is 25.3 Å². The first-order valence-electron chi connectivity index (χ1n) is 10.1. The fraction of sp³-hybridized carbons (Fsp3) is 0.304. The second-order valence-corrected chi connectivity index (χ2v) is 7.95. The molecule has 0 saturated heterocycles. The van der Waals surface area contributed by atoms with Crippen LogP contribution in [0.2, 0.25) is 0 Å². The minimum absolute atomic E-state index is 0.0497. The molecule has 4 rings (SSSR count). The predicted molar refractivity (Wildman–Crippen MR) is 118 cm³/mol. The standard InChI is InChI=1S/C23H26FN5O2/c1-23(2)22-27-20(15-4-6-16(24)7-5-15)21(26-17-8-10-18(31-3)11-9-17)28(22)12-13-29(23)19(30)14-25/h4-11,26H,12-14,25H2,1-3H3. The van der Waals surface area contributed by atoms with Crippen LogP contribution in [-0.2, 0) is 16.9 Å². The molecule has 162 valence electrons. The number of imidazole rings is 1. The molecule has 0 bridgehead atoms. The number of rotatable bonds is 5. The number of anilines is 2. The first-order chi connectivity index (χ1) is 14.8. The van der Waals surface area contributed by atoms with Crippen molar-refractivity contribution in [1.29, 1.82) is 0 Å². The number of halogens is 1. The molecule has 7 nitrogen and oxygen atoms in total. The molecule has 0 radical (unpaired) electrons. The molecule has 31 heavy (non-hydrogen) atoms. The van der Waals surface area contributed by atoms with Crippen LogP contribution in [0.15, 0.2) is 48.5 Å². The zero-order chi connectivity index (χ0) is 22.2. The SMILES string of the molecule is COc1ccc(Nc2c(-c3ccc(F)cc3)nc3n2CCN(C(=O)CN)C3(C)C)cc1. The molecule has 0 saturated carbocycles. The summed E-state index contributed by atoms with van der Waals surface area (Å²) in [6.45, 7) is 4.96. The summed E-state index contributed by atoms with van der Waals surface area (Å²) in [6, 6.07) is 13.8. The van der Waals surface area contributed by atoms with Gasteiger partial charge in [0, 0.05) is 24.3 Å². The van der Waals surface area contributed by atoms with Gasteiger partial charge in [-0.3, -0.25) is 4.79 Å². The summed E-state index contributed by atoms with van der Waals surface area (Å²) < 4.78 is 20.9. The van der Waals surface area contributed by atoms with Crippen LogP contribution in [0.3, 0.4) is 0 Å². The first-order valence-corrected chi connectivity index (χ1v) is 10.1. The third kappa shape index (κ3) is 3.74. The highest BCUT2D eigenvalue weighted by Gasteiger charge is 2.41. The smallest absolute Gasteiger partial charge is 0.237 e. The largest absolute Gasteiger partial charge is 0.497 e. The number of aromatic nitrogens is 2. The average molecular weight is 423 g/mol. The summed E-state index contributed by atoms with van der Waals surface area (Å²) in [4.78, 5) is 19.1. The van der Waals surface area contributed by atoms with E-state index in [9.17, 15) is 9.18 Å². The molecule has 1 aromatic heterocycles. The second kappa shape index (κ2) is 8.03. The Hall–Kier alpha value is -3.39. The summed E-state index contributed by atoms with van der Waals surface area (Å²) in [5.41, 5.74) is 7.33. The van der Waals surface area contributed by atoms with Crippen LogP contribution in [0.5, 0.6) is 5.75 Å². The van der Waals surface area contributed by atoms with Crippen molar-refractivity contribution >= 4 is 17.4 Å². The van der Waals surface area contributed by atoms with Gasteiger partial charge in [0.1, 0.15) is 28.9 Å². The third-order valence-electron chi connectivity index (χ3n) is 5.68. The summed E-state index contributed by atoms with van der Waals surface area (Å²) in [6.07, 6.45) is 0. The van der Waals surface area contributed by atoms with Crippen molar-refractivity contribution in [2.75, 3.05) is 25.5 Å². The lowest BCUT2D eigenvalue weighted by Crippen LogP contribution is -2.53. The Morgan fingerprint density at radius 2 is 1.84 bits per heavy atom. The number of amides is 1. The van der Waals surface area contributed by atoms with Crippen molar-refractivity contribution in [3.63, 3.8) is 0 Å². The van der Waals surface area contributed by atoms with Gasteiger partial charge >= 0.3 is 0 Å². The molecular weight excluding hydrogens is 397 g/mol. The van der Waals surface area contributed by atoms with Crippen LogP contribution in [0.25, 0.3) is 11.3 Å². The molecule has 1 aliphatic rings.